The highest BCUT2D eigenvalue weighted by Gasteiger charge is 2.29. The first kappa shape index (κ1) is 20.5. The Kier molecular flexibility index (Phi) is 5.56. The van der Waals surface area contributed by atoms with Gasteiger partial charge in [-0.1, -0.05) is 25.1 Å². The predicted molar refractivity (Wildman–Crippen MR) is 117 cm³/mol. The third-order valence-corrected chi connectivity index (χ3v) is 7.40. The van der Waals surface area contributed by atoms with Gasteiger partial charge in [-0.05, 0) is 37.0 Å². The summed E-state index contributed by atoms with van der Waals surface area (Å²) in [5, 5.41) is 0.749. The fraction of sp³-hybridized carbons (Fsp3) is 0.348. The smallest absolute Gasteiger partial charge is 0.210 e. The van der Waals surface area contributed by atoms with Crippen LogP contribution in [0, 0.1) is 5.92 Å². The van der Waals surface area contributed by atoms with Crippen LogP contribution in [0.5, 0.6) is 11.5 Å². The molecule has 0 spiro atoms. The molecule has 7 heteroatoms. The number of ether oxygens (including phenoxy) is 2. The predicted octanol–water partition coefficient (Wildman–Crippen LogP) is 4.32. The van der Waals surface area contributed by atoms with Crippen LogP contribution in [0.4, 0.5) is 5.69 Å². The molecule has 0 aliphatic carbocycles. The van der Waals surface area contributed by atoms with Crippen molar-refractivity contribution in [3.63, 3.8) is 0 Å². The molecule has 3 aromatic rings. The zero-order valence-corrected chi connectivity index (χ0v) is 18.3. The van der Waals surface area contributed by atoms with Crippen LogP contribution in [0.1, 0.15) is 19.8 Å². The Balaban J connectivity index is 2.01. The second kappa shape index (κ2) is 8.14. The quantitative estimate of drug-likeness (QED) is 0.605. The molecule has 2 aromatic carbocycles. The van der Waals surface area contributed by atoms with Gasteiger partial charge in [-0.3, -0.25) is 4.98 Å². The third-order valence-electron chi connectivity index (χ3n) is 5.63. The summed E-state index contributed by atoms with van der Waals surface area (Å²) in [6, 6.07) is 12.1. The van der Waals surface area contributed by atoms with Gasteiger partial charge in [-0.2, -0.15) is 0 Å². The molecule has 4 rings (SSSR count). The molecule has 0 bridgehead atoms. The van der Waals surface area contributed by atoms with Crippen LogP contribution in [0.2, 0.25) is 0 Å². The van der Waals surface area contributed by atoms with Gasteiger partial charge in [-0.25, -0.2) is 8.42 Å². The standard InChI is InChI=1S/C23H26N2O4S/c1-16-8-7-11-25(15-16)23-18-12-20(28-2)21(29-3)13-19(18)24-14-22(23)30(26,27)17-9-5-4-6-10-17/h4-6,9-10,12-14,16H,7-8,11,15H2,1-3H3/t16-/m0/s1. The van der Waals surface area contributed by atoms with E-state index >= 15 is 0 Å². The van der Waals surface area contributed by atoms with Crippen LogP contribution in [-0.4, -0.2) is 40.7 Å². The summed E-state index contributed by atoms with van der Waals surface area (Å²) >= 11 is 0. The van der Waals surface area contributed by atoms with Crippen LogP contribution < -0.4 is 14.4 Å². The number of sulfone groups is 1. The molecule has 0 saturated carbocycles. The van der Waals surface area contributed by atoms with Crippen molar-refractivity contribution >= 4 is 26.4 Å². The number of methoxy groups -OCH3 is 2. The molecule has 1 saturated heterocycles. The lowest BCUT2D eigenvalue weighted by Gasteiger charge is -2.34. The van der Waals surface area contributed by atoms with E-state index in [-0.39, 0.29) is 9.79 Å². The Hall–Kier alpha value is -2.80. The van der Waals surface area contributed by atoms with Gasteiger partial charge in [0.2, 0.25) is 9.84 Å². The van der Waals surface area contributed by atoms with E-state index in [1.54, 1.807) is 44.6 Å². The number of fused-ring (bicyclic) bond motifs is 1. The van der Waals surface area contributed by atoms with Gasteiger partial charge in [0.25, 0.3) is 0 Å². The average molecular weight is 427 g/mol. The number of piperidine rings is 1. The minimum Gasteiger partial charge on any atom is -0.493 e. The molecule has 0 radical (unpaired) electrons. The van der Waals surface area contributed by atoms with Gasteiger partial charge < -0.3 is 14.4 Å². The van der Waals surface area contributed by atoms with Crippen molar-refractivity contribution in [2.75, 3.05) is 32.2 Å². The van der Waals surface area contributed by atoms with Crippen LogP contribution in [0.3, 0.4) is 0 Å². The number of aromatic nitrogens is 1. The van der Waals surface area contributed by atoms with Gasteiger partial charge in [0.1, 0.15) is 4.90 Å². The molecule has 0 amide bonds. The molecular formula is C23H26N2O4S. The van der Waals surface area contributed by atoms with E-state index in [1.165, 1.54) is 6.20 Å². The van der Waals surface area contributed by atoms with Gasteiger partial charge in [-0.15, -0.1) is 0 Å². The Morgan fingerprint density at radius 1 is 1.07 bits per heavy atom. The largest absolute Gasteiger partial charge is 0.493 e. The highest BCUT2D eigenvalue weighted by Crippen LogP contribution is 2.41. The minimum absolute atomic E-state index is 0.225. The summed E-state index contributed by atoms with van der Waals surface area (Å²) in [7, 11) is -0.591. The van der Waals surface area contributed by atoms with E-state index in [2.05, 4.69) is 16.8 Å². The molecule has 158 valence electrons. The van der Waals surface area contributed by atoms with Gasteiger partial charge in [0, 0.05) is 30.7 Å². The molecule has 1 atom stereocenters. The van der Waals surface area contributed by atoms with E-state index in [1.807, 2.05) is 12.1 Å². The molecule has 1 aliphatic rings. The van der Waals surface area contributed by atoms with Crippen LogP contribution >= 0.6 is 0 Å². The number of hydrogen-bond donors (Lipinski definition) is 0. The molecule has 1 fully saturated rings. The zero-order chi connectivity index (χ0) is 21.3. The fourth-order valence-corrected chi connectivity index (χ4v) is 5.58. The first-order chi connectivity index (χ1) is 14.5. The van der Waals surface area contributed by atoms with Crippen LogP contribution in [0.15, 0.2) is 58.5 Å². The maximum atomic E-state index is 13.6. The van der Waals surface area contributed by atoms with Gasteiger partial charge >= 0.3 is 0 Å². The maximum Gasteiger partial charge on any atom is 0.210 e. The van der Waals surface area contributed by atoms with Crippen molar-refractivity contribution in [3.8, 4) is 11.5 Å². The van der Waals surface area contributed by atoms with Crippen molar-refractivity contribution in [1.29, 1.82) is 0 Å². The average Bonchev–Trinajstić information content (AvgIpc) is 2.77. The molecule has 1 aliphatic heterocycles. The number of rotatable bonds is 5. The summed E-state index contributed by atoms with van der Waals surface area (Å²) in [6.07, 6.45) is 3.63. The molecular weight excluding hydrogens is 400 g/mol. The maximum absolute atomic E-state index is 13.6. The third kappa shape index (κ3) is 3.58. The second-order valence-corrected chi connectivity index (χ2v) is 9.62. The van der Waals surface area contributed by atoms with Crippen LogP contribution in [-0.2, 0) is 9.84 Å². The highest BCUT2D eigenvalue weighted by atomic mass is 32.2. The highest BCUT2D eigenvalue weighted by molar-refractivity contribution is 7.91. The summed E-state index contributed by atoms with van der Waals surface area (Å²) < 4.78 is 38.1. The van der Waals surface area contributed by atoms with E-state index in [9.17, 15) is 8.42 Å². The Labute approximate surface area is 177 Å². The molecule has 1 aromatic heterocycles. The van der Waals surface area contributed by atoms with E-state index in [4.69, 9.17) is 9.47 Å². The first-order valence-electron chi connectivity index (χ1n) is 10.1. The monoisotopic (exact) mass is 426 g/mol. The summed E-state index contributed by atoms with van der Waals surface area (Å²) in [4.78, 5) is 7.16. The SMILES string of the molecule is COc1cc2ncc(S(=O)(=O)c3ccccc3)c(N3CCC[C@H](C)C3)c2cc1OC. The lowest BCUT2D eigenvalue weighted by molar-refractivity contribution is 0.355. The molecule has 0 unspecified atom stereocenters. The van der Waals surface area contributed by atoms with E-state index < -0.39 is 9.84 Å². The Morgan fingerprint density at radius 3 is 2.43 bits per heavy atom. The minimum atomic E-state index is -3.74. The Bertz CT molecular complexity index is 1160. The van der Waals surface area contributed by atoms with Crippen molar-refractivity contribution in [2.24, 2.45) is 5.92 Å². The number of nitrogens with zero attached hydrogens (tertiary/aromatic N) is 2. The van der Waals surface area contributed by atoms with Crippen LogP contribution in [0.25, 0.3) is 10.9 Å². The fourth-order valence-electron chi connectivity index (χ4n) is 4.13. The second-order valence-electron chi connectivity index (χ2n) is 7.71. The number of anilines is 1. The summed E-state index contributed by atoms with van der Waals surface area (Å²) in [6.45, 7) is 3.80. The molecule has 30 heavy (non-hydrogen) atoms. The molecule has 0 N–H and O–H groups in total. The zero-order valence-electron chi connectivity index (χ0n) is 17.5. The van der Waals surface area contributed by atoms with Gasteiger partial charge in [0.15, 0.2) is 11.5 Å². The number of hydrogen-bond acceptors (Lipinski definition) is 6. The lowest BCUT2D eigenvalue weighted by Crippen LogP contribution is -2.35. The van der Waals surface area contributed by atoms with Gasteiger partial charge in [0.05, 0.1) is 30.3 Å². The van der Waals surface area contributed by atoms with Crippen molar-refractivity contribution < 1.29 is 17.9 Å². The number of pyridine rings is 1. The van der Waals surface area contributed by atoms with Crippen molar-refractivity contribution in [2.45, 2.75) is 29.6 Å². The summed E-state index contributed by atoms with van der Waals surface area (Å²) in [5.41, 5.74) is 1.37. The topological polar surface area (TPSA) is 68.7 Å². The lowest BCUT2D eigenvalue weighted by atomic mass is 9.99. The molecule has 6 nitrogen and oxygen atoms in total. The molecule has 2 heterocycles. The van der Waals surface area contributed by atoms with E-state index in [0.717, 1.165) is 31.3 Å². The number of benzene rings is 2. The summed E-state index contributed by atoms with van der Waals surface area (Å²) in [5.74, 6) is 1.59. The van der Waals surface area contributed by atoms with Crippen molar-refractivity contribution in [3.05, 3.63) is 48.7 Å². The normalized spacial score (nSPS) is 17.2. The Morgan fingerprint density at radius 2 is 1.77 bits per heavy atom. The van der Waals surface area contributed by atoms with Crippen molar-refractivity contribution in [1.82, 2.24) is 4.98 Å². The van der Waals surface area contributed by atoms with E-state index in [0.29, 0.717) is 28.6 Å². The first-order valence-corrected chi connectivity index (χ1v) is 11.5.